The van der Waals surface area contributed by atoms with Crippen molar-refractivity contribution in [2.75, 3.05) is 6.54 Å². The SMILES string of the molecule is C1=CCCN=CN=C1. The molecule has 1 rings (SSSR count). The van der Waals surface area contributed by atoms with E-state index in [1.807, 2.05) is 6.08 Å². The van der Waals surface area contributed by atoms with E-state index < -0.39 is 0 Å². The molecule has 0 saturated heterocycles. The van der Waals surface area contributed by atoms with Crippen molar-refractivity contribution in [1.29, 1.82) is 0 Å². The predicted molar refractivity (Wildman–Crippen MR) is 35.6 cm³/mol. The lowest BCUT2D eigenvalue weighted by Crippen LogP contribution is -1.81. The van der Waals surface area contributed by atoms with E-state index in [1.165, 1.54) is 0 Å². The van der Waals surface area contributed by atoms with E-state index in [4.69, 9.17) is 0 Å². The molecule has 8 heavy (non-hydrogen) atoms. The zero-order valence-electron chi connectivity index (χ0n) is 4.62. The number of hydrogen-bond acceptors (Lipinski definition) is 2. The second kappa shape index (κ2) is 3.13. The average Bonchev–Trinajstić information content (AvgIpc) is 1.62. The molecule has 0 aromatic carbocycles. The zero-order chi connectivity index (χ0) is 5.66. The predicted octanol–water partition coefficient (Wildman–Crippen LogP) is 1.05. The molecular formula is C6H8N2. The second-order valence-electron chi connectivity index (χ2n) is 1.54. The van der Waals surface area contributed by atoms with Gasteiger partial charge in [0.15, 0.2) is 0 Å². The molecule has 0 spiro atoms. The van der Waals surface area contributed by atoms with Gasteiger partial charge in [-0.3, -0.25) is 4.99 Å². The lowest BCUT2D eigenvalue weighted by Gasteiger charge is -1.86. The highest BCUT2D eigenvalue weighted by molar-refractivity contribution is 5.80. The molecule has 0 aliphatic carbocycles. The van der Waals surface area contributed by atoms with Gasteiger partial charge in [-0.25, -0.2) is 4.99 Å². The number of rotatable bonds is 0. The molecule has 0 bridgehead atoms. The fourth-order valence-electron chi connectivity index (χ4n) is 0.499. The standard InChI is InChI=1S/C6H8N2/c1-2-4-7-6-8-5-3-1/h1-2,4,6H,3,5H2. The van der Waals surface area contributed by atoms with Crippen LogP contribution in [-0.4, -0.2) is 19.1 Å². The lowest BCUT2D eigenvalue weighted by molar-refractivity contribution is 1.01. The van der Waals surface area contributed by atoms with Crippen LogP contribution in [0.25, 0.3) is 0 Å². The van der Waals surface area contributed by atoms with Crippen LogP contribution in [-0.2, 0) is 0 Å². The van der Waals surface area contributed by atoms with Crippen molar-refractivity contribution >= 4 is 12.6 Å². The number of aliphatic imine (C=N–C) groups is 2. The maximum Gasteiger partial charge on any atom is 0.109 e. The summed E-state index contributed by atoms with van der Waals surface area (Å²) in [7, 11) is 0. The van der Waals surface area contributed by atoms with Crippen LogP contribution < -0.4 is 0 Å². The van der Waals surface area contributed by atoms with Crippen LogP contribution in [0, 0.1) is 0 Å². The first-order valence-corrected chi connectivity index (χ1v) is 2.67. The summed E-state index contributed by atoms with van der Waals surface area (Å²) in [4.78, 5) is 7.78. The molecule has 2 heteroatoms. The van der Waals surface area contributed by atoms with Gasteiger partial charge in [-0.1, -0.05) is 6.08 Å². The third-order valence-electron chi connectivity index (χ3n) is 0.881. The molecular weight excluding hydrogens is 100 g/mol. The van der Waals surface area contributed by atoms with E-state index in [9.17, 15) is 0 Å². The van der Waals surface area contributed by atoms with E-state index in [0.29, 0.717) is 0 Å². The Hall–Kier alpha value is -0.920. The Bertz CT molecular complexity index is 117. The molecule has 0 amide bonds. The molecule has 0 unspecified atom stereocenters. The highest BCUT2D eigenvalue weighted by Gasteiger charge is 1.76. The Morgan fingerprint density at radius 1 is 1.38 bits per heavy atom. The van der Waals surface area contributed by atoms with Crippen molar-refractivity contribution in [3.05, 3.63) is 12.2 Å². The smallest absolute Gasteiger partial charge is 0.109 e. The van der Waals surface area contributed by atoms with Gasteiger partial charge in [0.25, 0.3) is 0 Å². The van der Waals surface area contributed by atoms with Gasteiger partial charge in [-0.05, 0) is 12.5 Å². The average molecular weight is 108 g/mol. The summed E-state index contributed by atoms with van der Waals surface area (Å²) < 4.78 is 0. The molecule has 42 valence electrons. The fraction of sp³-hybridized carbons (Fsp3) is 0.333. The van der Waals surface area contributed by atoms with E-state index >= 15 is 0 Å². The maximum atomic E-state index is 3.96. The van der Waals surface area contributed by atoms with Gasteiger partial charge in [-0.15, -0.1) is 0 Å². The molecule has 1 aliphatic rings. The molecule has 1 aliphatic heterocycles. The maximum absolute atomic E-state index is 3.96. The molecule has 0 aromatic heterocycles. The first-order chi connectivity index (χ1) is 4.00. The fourth-order valence-corrected chi connectivity index (χ4v) is 0.499. The van der Waals surface area contributed by atoms with Crippen LogP contribution in [0.3, 0.4) is 0 Å². The van der Waals surface area contributed by atoms with Crippen LogP contribution in [0.2, 0.25) is 0 Å². The van der Waals surface area contributed by atoms with Crippen molar-refractivity contribution in [2.24, 2.45) is 9.98 Å². The summed E-state index contributed by atoms with van der Waals surface area (Å²) >= 11 is 0. The van der Waals surface area contributed by atoms with Crippen molar-refractivity contribution in [2.45, 2.75) is 6.42 Å². The van der Waals surface area contributed by atoms with Gasteiger partial charge in [-0.2, -0.15) is 0 Å². The second-order valence-corrected chi connectivity index (χ2v) is 1.54. The number of hydrogen-bond donors (Lipinski definition) is 0. The van der Waals surface area contributed by atoms with Crippen molar-refractivity contribution < 1.29 is 0 Å². The summed E-state index contributed by atoms with van der Waals surface area (Å²) in [5.41, 5.74) is 0. The molecule has 0 N–H and O–H groups in total. The van der Waals surface area contributed by atoms with E-state index in [-0.39, 0.29) is 0 Å². The Morgan fingerprint density at radius 3 is 3.38 bits per heavy atom. The highest BCUT2D eigenvalue weighted by atomic mass is 14.8. The molecule has 0 atom stereocenters. The van der Waals surface area contributed by atoms with E-state index in [1.54, 1.807) is 12.6 Å². The van der Waals surface area contributed by atoms with Gasteiger partial charge in [0.2, 0.25) is 0 Å². The van der Waals surface area contributed by atoms with Crippen LogP contribution in [0.4, 0.5) is 0 Å². The normalized spacial score (nSPS) is 18.0. The van der Waals surface area contributed by atoms with Gasteiger partial charge >= 0.3 is 0 Å². The van der Waals surface area contributed by atoms with Gasteiger partial charge in [0.05, 0.1) is 0 Å². The number of allylic oxidation sites excluding steroid dienone is 1. The molecule has 0 aromatic rings. The number of nitrogens with zero attached hydrogens (tertiary/aromatic N) is 2. The van der Waals surface area contributed by atoms with E-state index in [0.717, 1.165) is 13.0 Å². The topological polar surface area (TPSA) is 24.7 Å². The minimum atomic E-state index is 0.869. The summed E-state index contributed by atoms with van der Waals surface area (Å²) in [5.74, 6) is 0. The quantitative estimate of drug-likeness (QED) is 0.443. The van der Waals surface area contributed by atoms with Crippen LogP contribution in [0.1, 0.15) is 6.42 Å². The van der Waals surface area contributed by atoms with Gasteiger partial charge in [0.1, 0.15) is 6.34 Å². The van der Waals surface area contributed by atoms with Crippen LogP contribution in [0.15, 0.2) is 22.1 Å². The Morgan fingerprint density at radius 2 is 2.38 bits per heavy atom. The molecule has 0 fully saturated rings. The van der Waals surface area contributed by atoms with Crippen molar-refractivity contribution in [3.63, 3.8) is 0 Å². The van der Waals surface area contributed by atoms with Crippen molar-refractivity contribution in [1.82, 2.24) is 0 Å². The van der Waals surface area contributed by atoms with Gasteiger partial charge in [0, 0.05) is 12.8 Å². The molecule has 2 nitrogen and oxygen atoms in total. The minimum absolute atomic E-state index is 0.869. The first kappa shape index (κ1) is 5.22. The molecule has 1 heterocycles. The van der Waals surface area contributed by atoms with Crippen LogP contribution in [0.5, 0.6) is 0 Å². The van der Waals surface area contributed by atoms with Crippen molar-refractivity contribution in [3.8, 4) is 0 Å². The summed E-state index contributed by atoms with van der Waals surface area (Å²) in [6, 6.07) is 0. The largest absolute Gasteiger partial charge is 0.273 e. The summed E-state index contributed by atoms with van der Waals surface area (Å²) in [5, 5.41) is 0. The zero-order valence-corrected chi connectivity index (χ0v) is 4.62. The minimum Gasteiger partial charge on any atom is -0.273 e. The summed E-state index contributed by atoms with van der Waals surface area (Å²) in [6.45, 7) is 0.869. The molecule has 0 saturated carbocycles. The third kappa shape index (κ3) is 1.69. The lowest BCUT2D eigenvalue weighted by atomic mass is 10.4. The Balaban J connectivity index is 2.51. The third-order valence-corrected chi connectivity index (χ3v) is 0.881. The first-order valence-electron chi connectivity index (χ1n) is 2.67. The molecule has 0 radical (unpaired) electrons. The monoisotopic (exact) mass is 108 g/mol. The van der Waals surface area contributed by atoms with Gasteiger partial charge < -0.3 is 0 Å². The Kier molecular flexibility index (Phi) is 2.04. The van der Waals surface area contributed by atoms with Crippen LogP contribution >= 0.6 is 0 Å². The Labute approximate surface area is 48.7 Å². The highest BCUT2D eigenvalue weighted by Crippen LogP contribution is 1.84. The van der Waals surface area contributed by atoms with E-state index in [2.05, 4.69) is 16.1 Å². The summed E-state index contributed by atoms with van der Waals surface area (Å²) in [6.07, 6.45) is 8.35.